The molecule has 0 amide bonds. The zero-order valence-corrected chi connectivity index (χ0v) is 9.14. The summed E-state index contributed by atoms with van der Waals surface area (Å²) in [5.74, 6) is 0. The molecule has 0 unspecified atom stereocenters. The molecule has 0 saturated heterocycles. The van der Waals surface area contributed by atoms with Gasteiger partial charge in [0.05, 0.1) is 16.9 Å². The van der Waals surface area contributed by atoms with E-state index >= 15 is 0 Å². The van der Waals surface area contributed by atoms with Gasteiger partial charge in [-0.25, -0.2) is 0 Å². The molecule has 0 heterocycles. The SMILES string of the molecule is O=[N+]([O-])[C@@](O)(C=S)[C@H](S)[C@H](O)[C@H](O)CO. The molecule has 0 aromatic heterocycles. The van der Waals surface area contributed by atoms with Crippen LogP contribution < -0.4 is 0 Å². The molecule has 4 N–H and O–H groups in total. The van der Waals surface area contributed by atoms with Crippen LogP contribution in [0.15, 0.2) is 0 Å². The molecule has 0 aromatic carbocycles. The van der Waals surface area contributed by atoms with Crippen LogP contribution in [0.1, 0.15) is 0 Å². The minimum absolute atomic E-state index is 0.429. The zero-order valence-electron chi connectivity index (χ0n) is 7.42. The Bertz CT molecular complexity index is 252. The van der Waals surface area contributed by atoms with Gasteiger partial charge < -0.3 is 20.4 Å². The van der Waals surface area contributed by atoms with Crippen molar-refractivity contribution in [2.24, 2.45) is 0 Å². The number of aliphatic hydroxyl groups is 4. The monoisotopic (exact) mass is 257 g/mol. The standard InChI is InChI=1S/C6H11NO6S2/c8-1-3(9)4(10)5(15)6(11,2-14)7(12)13/h2-5,8-11,15H,1H2/t3-,4-,5-,6-/m1/s1. The fraction of sp³-hybridized carbons (Fsp3) is 0.833. The van der Waals surface area contributed by atoms with Gasteiger partial charge in [-0.1, -0.05) is 12.2 Å². The predicted octanol–water partition coefficient (Wildman–Crippen LogP) is -2.04. The van der Waals surface area contributed by atoms with Crippen LogP contribution in [0.2, 0.25) is 0 Å². The van der Waals surface area contributed by atoms with Crippen molar-refractivity contribution in [1.82, 2.24) is 0 Å². The van der Waals surface area contributed by atoms with E-state index in [9.17, 15) is 20.3 Å². The Hall–Kier alpha value is -0.320. The van der Waals surface area contributed by atoms with E-state index in [-0.39, 0.29) is 0 Å². The number of nitrogens with zero attached hydrogens (tertiary/aromatic N) is 1. The lowest BCUT2D eigenvalue weighted by Gasteiger charge is -2.27. The molecule has 0 aromatic rings. The molecular weight excluding hydrogens is 246 g/mol. The molecule has 9 heteroatoms. The van der Waals surface area contributed by atoms with E-state index in [1.807, 2.05) is 0 Å². The van der Waals surface area contributed by atoms with Gasteiger partial charge in [0.2, 0.25) is 0 Å². The van der Waals surface area contributed by atoms with Crippen LogP contribution in [0.3, 0.4) is 0 Å². The summed E-state index contributed by atoms with van der Waals surface area (Å²) < 4.78 is 0. The molecule has 7 nitrogen and oxygen atoms in total. The molecule has 0 spiro atoms. The first-order valence-corrected chi connectivity index (χ1v) is 4.78. The number of thiol groups is 1. The maximum atomic E-state index is 10.5. The molecule has 0 bridgehead atoms. The van der Waals surface area contributed by atoms with Crippen molar-refractivity contribution in [3.8, 4) is 0 Å². The van der Waals surface area contributed by atoms with Gasteiger partial charge in [0.25, 0.3) is 0 Å². The molecule has 15 heavy (non-hydrogen) atoms. The summed E-state index contributed by atoms with van der Waals surface area (Å²) in [6.45, 7) is -0.816. The summed E-state index contributed by atoms with van der Waals surface area (Å²) in [7, 11) is 0. The summed E-state index contributed by atoms with van der Waals surface area (Å²) >= 11 is 7.87. The van der Waals surface area contributed by atoms with Crippen LogP contribution >= 0.6 is 24.8 Å². The second-order valence-electron chi connectivity index (χ2n) is 2.84. The van der Waals surface area contributed by atoms with Crippen molar-refractivity contribution in [2.75, 3.05) is 6.61 Å². The maximum Gasteiger partial charge on any atom is 0.366 e. The van der Waals surface area contributed by atoms with Crippen molar-refractivity contribution in [2.45, 2.75) is 23.2 Å². The van der Waals surface area contributed by atoms with Gasteiger partial charge in [0.15, 0.2) is 0 Å². The Balaban J connectivity index is 4.87. The van der Waals surface area contributed by atoms with Gasteiger partial charge in [-0.3, -0.25) is 10.1 Å². The second-order valence-corrected chi connectivity index (χ2v) is 3.64. The van der Waals surface area contributed by atoms with Gasteiger partial charge in [-0.05, 0) is 0 Å². The third-order valence-electron chi connectivity index (χ3n) is 1.81. The Labute approximate surface area is 95.9 Å². The molecule has 0 radical (unpaired) electrons. The lowest BCUT2D eigenvalue weighted by atomic mass is 10.0. The Kier molecular flexibility index (Phi) is 5.56. The minimum atomic E-state index is -2.74. The smallest absolute Gasteiger partial charge is 0.366 e. The lowest BCUT2D eigenvalue weighted by Crippen LogP contribution is -2.56. The highest BCUT2D eigenvalue weighted by atomic mass is 32.1. The highest BCUT2D eigenvalue weighted by molar-refractivity contribution is 7.81. The fourth-order valence-corrected chi connectivity index (χ4v) is 1.49. The fourth-order valence-electron chi connectivity index (χ4n) is 0.790. The molecular formula is C6H11NO6S2. The second kappa shape index (κ2) is 5.68. The molecule has 88 valence electrons. The highest BCUT2D eigenvalue weighted by Crippen LogP contribution is 2.20. The molecule has 0 saturated carbocycles. The largest absolute Gasteiger partial charge is 0.394 e. The number of nitro groups is 1. The van der Waals surface area contributed by atoms with Crippen LogP contribution in [0.4, 0.5) is 0 Å². The van der Waals surface area contributed by atoms with Gasteiger partial charge in [-0.2, -0.15) is 12.6 Å². The third kappa shape index (κ3) is 3.06. The molecule has 0 aliphatic rings. The van der Waals surface area contributed by atoms with Gasteiger partial charge >= 0.3 is 5.72 Å². The first-order chi connectivity index (χ1) is 6.81. The van der Waals surface area contributed by atoms with E-state index in [1.165, 1.54) is 0 Å². The normalized spacial score (nSPS) is 21.1. The molecule has 4 atom stereocenters. The molecule has 0 aliphatic heterocycles. The molecule has 0 fully saturated rings. The first-order valence-electron chi connectivity index (χ1n) is 3.79. The summed E-state index contributed by atoms with van der Waals surface area (Å²) in [6.07, 6.45) is -3.43. The summed E-state index contributed by atoms with van der Waals surface area (Å²) in [4.78, 5) is 9.33. The number of hydrogen-bond donors (Lipinski definition) is 5. The number of rotatable bonds is 6. The number of hydrogen-bond acceptors (Lipinski definition) is 8. The van der Waals surface area contributed by atoms with E-state index in [2.05, 4.69) is 24.8 Å². The van der Waals surface area contributed by atoms with E-state index in [1.54, 1.807) is 0 Å². The van der Waals surface area contributed by atoms with Gasteiger partial charge in [0.1, 0.15) is 17.5 Å². The Morgan fingerprint density at radius 2 is 2.07 bits per heavy atom. The summed E-state index contributed by atoms with van der Waals surface area (Å²) in [6, 6.07) is 0. The predicted molar refractivity (Wildman–Crippen MR) is 57.5 cm³/mol. The molecule has 0 aliphatic carbocycles. The molecule has 0 rings (SSSR count). The van der Waals surface area contributed by atoms with Crippen molar-refractivity contribution in [3.63, 3.8) is 0 Å². The van der Waals surface area contributed by atoms with Crippen LogP contribution in [0.5, 0.6) is 0 Å². The minimum Gasteiger partial charge on any atom is -0.394 e. The average Bonchev–Trinajstić information content (AvgIpc) is 2.24. The third-order valence-corrected chi connectivity index (χ3v) is 2.84. The van der Waals surface area contributed by atoms with Crippen LogP contribution in [0, 0.1) is 10.1 Å². The van der Waals surface area contributed by atoms with E-state index in [4.69, 9.17) is 10.2 Å². The van der Waals surface area contributed by atoms with Gasteiger partial charge in [0, 0.05) is 0 Å². The quantitative estimate of drug-likeness (QED) is 0.122. The van der Waals surface area contributed by atoms with Crippen molar-refractivity contribution >= 4 is 30.2 Å². The van der Waals surface area contributed by atoms with E-state index in [0.29, 0.717) is 5.37 Å². The zero-order chi connectivity index (χ0) is 12.2. The van der Waals surface area contributed by atoms with Crippen molar-refractivity contribution in [3.05, 3.63) is 10.1 Å². The van der Waals surface area contributed by atoms with Crippen LogP contribution in [-0.2, 0) is 0 Å². The van der Waals surface area contributed by atoms with Crippen LogP contribution in [0.25, 0.3) is 0 Å². The van der Waals surface area contributed by atoms with Crippen molar-refractivity contribution < 1.29 is 25.3 Å². The van der Waals surface area contributed by atoms with E-state index in [0.717, 1.165) is 0 Å². The lowest BCUT2D eigenvalue weighted by molar-refractivity contribution is -0.597. The van der Waals surface area contributed by atoms with Gasteiger partial charge in [-0.15, -0.1) is 0 Å². The first kappa shape index (κ1) is 14.7. The summed E-state index contributed by atoms with van der Waals surface area (Å²) in [5, 5.41) is 45.4. The van der Waals surface area contributed by atoms with Crippen LogP contribution in [-0.4, -0.2) is 60.5 Å². The highest BCUT2D eigenvalue weighted by Gasteiger charge is 2.50. The maximum absolute atomic E-state index is 10.5. The Morgan fingerprint density at radius 1 is 1.60 bits per heavy atom. The Morgan fingerprint density at radius 3 is 2.33 bits per heavy atom. The van der Waals surface area contributed by atoms with Crippen molar-refractivity contribution in [1.29, 1.82) is 0 Å². The topological polar surface area (TPSA) is 124 Å². The number of aliphatic hydroxyl groups excluding tert-OH is 3. The van der Waals surface area contributed by atoms with E-state index < -0.39 is 34.7 Å². The summed E-state index contributed by atoms with van der Waals surface area (Å²) in [5.41, 5.74) is -2.74. The average molecular weight is 257 g/mol. The number of thiocarbonyl (C=S) groups is 1.